The Morgan fingerprint density at radius 3 is 0.750 bits per heavy atom. The highest BCUT2D eigenvalue weighted by atomic mass is 79.9. The lowest BCUT2D eigenvalue weighted by Gasteiger charge is -2.09. The van der Waals surface area contributed by atoms with E-state index < -0.39 is 0 Å². The van der Waals surface area contributed by atoms with Gasteiger partial charge in [-0.3, -0.25) is 0 Å². The molecule has 0 bridgehead atoms. The van der Waals surface area contributed by atoms with Crippen molar-refractivity contribution in [3.63, 3.8) is 0 Å². The van der Waals surface area contributed by atoms with Crippen LogP contribution >= 0.6 is 0 Å². The molecule has 0 aliphatic rings. The highest BCUT2D eigenvalue weighted by Gasteiger charge is 2.06. The van der Waals surface area contributed by atoms with E-state index in [1.165, 1.54) is 180 Å². The van der Waals surface area contributed by atoms with Gasteiger partial charge in [-0.1, -0.05) is 181 Å². The van der Waals surface area contributed by atoms with Crippen LogP contribution in [0.1, 0.15) is 206 Å². The highest BCUT2D eigenvalue weighted by Crippen LogP contribution is 2.14. The predicted octanol–water partition coefficient (Wildman–Crippen LogP) is 9.73. The largest absolute Gasteiger partial charge is 1.00 e. The number of quaternary nitrogens is 1. The van der Waals surface area contributed by atoms with Gasteiger partial charge in [0.15, 0.2) is 12.1 Å². The van der Waals surface area contributed by atoms with Gasteiger partial charge >= 0.3 is 0 Å². The van der Waals surface area contributed by atoms with Gasteiger partial charge in [0, 0.05) is 12.8 Å². The average Bonchev–Trinajstić information content (AvgIpc) is 2.92. The van der Waals surface area contributed by atoms with Crippen LogP contribution < -0.4 is 17.0 Å². The number of nitrogens with zero attached hydrogens (tertiary/aromatic N) is 1. The molecule has 0 fully saturated rings. The zero-order valence-corrected chi connectivity index (χ0v) is 29.6. The summed E-state index contributed by atoms with van der Waals surface area (Å²) in [6, 6.07) is 6.74. The maximum Gasteiger partial charge on any atom is 0.151 e. The van der Waals surface area contributed by atoms with Crippen molar-refractivity contribution in [2.45, 2.75) is 206 Å². The molecule has 0 aliphatic carbocycles. The van der Waals surface area contributed by atoms with E-state index in [0.717, 1.165) is 12.8 Å². The Hall–Kier alpha value is -0.440. The quantitative estimate of drug-likeness (QED) is 0.0463. The summed E-state index contributed by atoms with van der Waals surface area (Å²) in [5, 5.41) is 0. The van der Waals surface area contributed by atoms with Crippen LogP contribution in [0.25, 0.3) is 0 Å². The van der Waals surface area contributed by atoms with Crippen LogP contribution in [-0.2, 0) is 0 Å². The molecular weight excluding hydrogens is 550 g/mol. The van der Waals surface area contributed by atoms with Crippen LogP contribution in [0.15, 0.2) is 0 Å². The van der Waals surface area contributed by atoms with E-state index in [-0.39, 0.29) is 17.0 Å². The van der Waals surface area contributed by atoms with Crippen molar-refractivity contribution in [3.8, 4) is 23.9 Å². The van der Waals surface area contributed by atoms with E-state index in [4.69, 9.17) is 0 Å². The molecule has 0 saturated heterocycles. The van der Waals surface area contributed by atoms with E-state index >= 15 is 0 Å². The van der Waals surface area contributed by atoms with Crippen molar-refractivity contribution in [1.29, 1.82) is 0 Å². The summed E-state index contributed by atoms with van der Waals surface area (Å²) in [5.74, 6) is 6.79. The second-order valence-corrected chi connectivity index (χ2v) is 12.7. The minimum atomic E-state index is 0. The van der Waals surface area contributed by atoms with E-state index in [1.54, 1.807) is 0 Å². The van der Waals surface area contributed by atoms with Crippen molar-refractivity contribution < 1.29 is 21.5 Å². The topological polar surface area (TPSA) is 0 Å². The van der Waals surface area contributed by atoms with Gasteiger partial charge in [-0.25, -0.2) is 0 Å². The molecule has 0 aliphatic heterocycles. The average molecular weight is 623 g/mol. The second-order valence-electron chi connectivity index (χ2n) is 12.7. The van der Waals surface area contributed by atoms with E-state index in [9.17, 15) is 0 Å². The van der Waals surface area contributed by atoms with Crippen LogP contribution in [0, 0.1) is 23.9 Å². The Bertz CT molecular complexity index is 550. The fourth-order valence-corrected chi connectivity index (χ4v) is 5.35. The van der Waals surface area contributed by atoms with Crippen molar-refractivity contribution in [2.75, 3.05) is 14.1 Å². The third-order valence-corrected chi connectivity index (χ3v) is 8.03. The Morgan fingerprint density at radius 2 is 0.525 bits per heavy atom. The van der Waals surface area contributed by atoms with Gasteiger partial charge in [-0.05, 0) is 24.7 Å². The van der Waals surface area contributed by atoms with Gasteiger partial charge < -0.3 is 17.0 Å². The molecule has 0 aromatic carbocycles. The second kappa shape index (κ2) is 34.8. The van der Waals surface area contributed by atoms with E-state index in [1.807, 2.05) is 0 Å². The standard InChI is InChI=1S/C38H72N.BrH/c1-5-7-9-11-13-15-17-19-21-23-25-27-29-31-33-35-37-39(3,4)38-36-34-32-30-28-26-24-22-20-18-16-14-12-10-8-6-2;/h5-34H2,1-4H3;1H/q+1;/p-1. The number of halogens is 1. The van der Waals surface area contributed by atoms with Gasteiger partial charge in [0.05, 0.1) is 14.1 Å². The molecule has 0 unspecified atom stereocenters. The summed E-state index contributed by atoms with van der Waals surface area (Å²) >= 11 is 0. The first kappa shape index (κ1) is 41.7. The maximum absolute atomic E-state index is 3.39. The Kier molecular flexibility index (Phi) is 36.2. The minimum absolute atomic E-state index is 0. The van der Waals surface area contributed by atoms with Crippen LogP contribution in [-0.4, -0.2) is 18.6 Å². The van der Waals surface area contributed by atoms with Crippen molar-refractivity contribution in [2.24, 2.45) is 0 Å². The van der Waals surface area contributed by atoms with Gasteiger partial charge in [-0.15, -0.1) is 0 Å². The zero-order chi connectivity index (χ0) is 28.5. The molecule has 40 heavy (non-hydrogen) atoms. The molecule has 0 heterocycles. The predicted molar refractivity (Wildman–Crippen MR) is 178 cm³/mol. The molecule has 236 valence electrons. The summed E-state index contributed by atoms with van der Waals surface area (Å²) in [6.45, 7) is 4.59. The van der Waals surface area contributed by atoms with Gasteiger partial charge in [0.2, 0.25) is 0 Å². The molecule has 0 saturated carbocycles. The lowest BCUT2D eigenvalue weighted by molar-refractivity contribution is -0.749. The van der Waals surface area contributed by atoms with Crippen molar-refractivity contribution in [3.05, 3.63) is 0 Å². The lowest BCUT2D eigenvalue weighted by Crippen LogP contribution is -3.00. The van der Waals surface area contributed by atoms with Crippen LogP contribution in [0.4, 0.5) is 0 Å². The first-order valence-corrected chi connectivity index (χ1v) is 18.0. The number of hydrogen-bond acceptors (Lipinski definition) is 0. The van der Waals surface area contributed by atoms with Gasteiger partial charge in [0.25, 0.3) is 0 Å². The Morgan fingerprint density at radius 1 is 0.325 bits per heavy atom. The fraction of sp³-hybridized carbons (Fsp3) is 0.895. The molecule has 0 spiro atoms. The zero-order valence-electron chi connectivity index (χ0n) is 28.0. The van der Waals surface area contributed by atoms with Crippen molar-refractivity contribution in [1.82, 2.24) is 0 Å². The SMILES string of the molecule is CCCCCCCCCCCCCCCCC#C[N+](C)(C)C#CCCCCCCCCCCCCCCCC.[Br-]. The molecule has 1 nitrogen and oxygen atoms in total. The Labute approximate surface area is 265 Å². The summed E-state index contributed by atoms with van der Waals surface area (Å²) < 4.78 is 0.525. The third kappa shape index (κ3) is 35.6. The van der Waals surface area contributed by atoms with Crippen molar-refractivity contribution >= 4 is 0 Å². The molecule has 0 atom stereocenters. The van der Waals surface area contributed by atoms with Crippen LogP contribution in [0.5, 0.6) is 0 Å². The monoisotopic (exact) mass is 621 g/mol. The molecule has 0 aromatic heterocycles. The molecule has 2 heteroatoms. The molecular formula is C38H72BrN. The maximum atomic E-state index is 3.39. The normalized spacial score (nSPS) is 10.9. The smallest absolute Gasteiger partial charge is 0.151 e. The first-order valence-electron chi connectivity index (χ1n) is 18.0. The molecule has 0 N–H and O–H groups in total. The van der Waals surface area contributed by atoms with Gasteiger partial charge in [0.1, 0.15) is 0 Å². The van der Waals surface area contributed by atoms with E-state index in [2.05, 4.69) is 51.9 Å². The number of unbranched alkanes of at least 4 members (excludes halogenated alkanes) is 28. The summed E-state index contributed by atoms with van der Waals surface area (Å²) in [4.78, 5) is 0. The Balaban J connectivity index is 0. The number of hydrogen-bond donors (Lipinski definition) is 0. The summed E-state index contributed by atoms with van der Waals surface area (Å²) in [6.07, 6.45) is 41.6. The highest BCUT2D eigenvalue weighted by molar-refractivity contribution is 4.99. The number of rotatable bonds is 28. The van der Waals surface area contributed by atoms with E-state index in [0.29, 0.717) is 4.48 Å². The van der Waals surface area contributed by atoms with Gasteiger partial charge in [-0.2, -0.15) is 4.48 Å². The summed E-state index contributed by atoms with van der Waals surface area (Å²) in [7, 11) is 4.24. The lowest BCUT2D eigenvalue weighted by atomic mass is 10.0. The fourth-order valence-electron chi connectivity index (χ4n) is 5.35. The minimum Gasteiger partial charge on any atom is -1.00 e. The third-order valence-electron chi connectivity index (χ3n) is 8.03. The molecule has 0 rings (SSSR count). The molecule has 0 amide bonds. The first-order chi connectivity index (χ1) is 19.1. The molecule has 0 radical (unpaired) electrons. The molecule has 0 aromatic rings. The summed E-state index contributed by atoms with van der Waals surface area (Å²) in [5.41, 5.74) is 0. The van der Waals surface area contributed by atoms with Crippen LogP contribution in [0.2, 0.25) is 0 Å². The van der Waals surface area contributed by atoms with Crippen LogP contribution in [0.3, 0.4) is 0 Å².